The van der Waals surface area contributed by atoms with Crippen LogP contribution in [-0.2, 0) is 15.8 Å². The van der Waals surface area contributed by atoms with Crippen LogP contribution in [0, 0.1) is 19.8 Å². The van der Waals surface area contributed by atoms with Crippen molar-refractivity contribution in [2.75, 3.05) is 16.9 Å². The molecule has 28 heavy (non-hydrogen) atoms. The van der Waals surface area contributed by atoms with Gasteiger partial charge in [-0.25, -0.2) is 9.97 Å². The van der Waals surface area contributed by atoms with E-state index in [1.807, 2.05) is 0 Å². The van der Waals surface area contributed by atoms with Gasteiger partial charge in [0.05, 0.1) is 11.5 Å². The van der Waals surface area contributed by atoms with Crippen LogP contribution >= 0.6 is 0 Å². The molecule has 0 saturated carbocycles. The number of aromatic nitrogens is 2. The minimum absolute atomic E-state index is 0.0125. The Balaban J connectivity index is 1.66. The molecule has 2 aromatic rings. The predicted octanol–water partition coefficient (Wildman–Crippen LogP) is 2.61. The summed E-state index contributed by atoms with van der Waals surface area (Å²) in [5, 5.41) is 0. The maximum absolute atomic E-state index is 12.9. The van der Waals surface area contributed by atoms with Crippen LogP contribution in [0.25, 0.3) is 0 Å². The molecule has 1 aliphatic heterocycles. The first kappa shape index (κ1) is 19.6. The average Bonchev–Trinajstić information content (AvgIpc) is 3.00. The van der Waals surface area contributed by atoms with Crippen LogP contribution < -0.4 is 15.8 Å². The molecule has 10 heteroatoms. The Hall–Kier alpha value is -3.17. The molecule has 7 nitrogen and oxygen atoms in total. The second-order valence-corrected chi connectivity index (χ2v) is 6.54. The number of hydrogen-bond donors (Lipinski definition) is 2. The zero-order valence-corrected chi connectivity index (χ0v) is 15.2. The Labute approximate surface area is 158 Å². The summed E-state index contributed by atoms with van der Waals surface area (Å²) in [5.41, 5.74) is 5.75. The number of amides is 2. The number of nitrogens with zero attached hydrogens (tertiary/aromatic N) is 3. The van der Waals surface area contributed by atoms with Gasteiger partial charge in [0.1, 0.15) is 0 Å². The molecule has 1 saturated heterocycles. The normalized spacial score (nSPS) is 17.0. The lowest BCUT2D eigenvalue weighted by molar-refractivity contribution is -0.137. The fourth-order valence-corrected chi connectivity index (χ4v) is 2.98. The first-order valence-corrected chi connectivity index (χ1v) is 8.49. The zero-order chi connectivity index (χ0) is 20.5. The van der Waals surface area contributed by atoms with E-state index < -0.39 is 29.5 Å². The van der Waals surface area contributed by atoms with Crippen molar-refractivity contribution in [3.8, 4) is 0 Å². The third-order valence-corrected chi connectivity index (χ3v) is 4.26. The molecule has 0 aliphatic carbocycles. The monoisotopic (exact) mass is 393 g/mol. The first-order chi connectivity index (χ1) is 13.1. The van der Waals surface area contributed by atoms with Gasteiger partial charge in [-0.3, -0.25) is 20.4 Å². The van der Waals surface area contributed by atoms with Gasteiger partial charge in [-0.1, -0.05) is 6.07 Å². The van der Waals surface area contributed by atoms with E-state index in [2.05, 4.69) is 20.8 Å². The molecule has 0 spiro atoms. The number of carbonyl (C=O) groups is 2. The molecule has 2 N–H and O–H groups in total. The Morgan fingerprint density at radius 3 is 2.50 bits per heavy atom. The van der Waals surface area contributed by atoms with Gasteiger partial charge in [0.25, 0.3) is 0 Å². The molecular formula is C18H18F3N5O2. The van der Waals surface area contributed by atoms with E-state index in [0.29, 0.717) is 0 Å². The molecule has 1 aromatic heterocycles. The fraction of sp³-hybridized carbons (Fsp3) is 0.333. The number of anilines is 2. The zero-order valence-electron chi connectivity index (χ0n) is 15.2. The SMILES string of the molecule is Cc1cc(C)nc(NNC(=O)[C@H]2CC(=O)N(c3cccc(C(F)(F)F)c3)C2)n1. The molecule has 0 unspecified atom stereocenters. The number of nitrogens with one attached hydrogen (secondary N) is 2. The number of hydrazine groups is 1. The largest absolute Gasteiger partial charge is 0.416 e. The van der Waals surface area contributed by atoms with Crippen molar-refractivity contribution in [3.05, 3.63) is 47.3 Å². The van der Waals surface area contributed by atoms with Gasteiger partial charge in [0, 0.05) is 30.0 Å². The molecule has 1 aliphatic rings. The summed E-state index contributed by atoms with van der Waals surface area (Å²) in [7, 11) is 0. The molecule has 1 atom stereocenters. The lowest BCUT2D eigenvalue weighted by Crippen LogP contribution is -2.37. The Bertz CT molecular complexity index is 896. The van der Waals surface area contributed by atoms with E-state index in [1.165, 1.54) is 17.0 Å². The van der Waals surface area contributed by atoms with Gasteiger partial charge >= 0.3 is 6.18 Å². The lowest BCUT2D eigenvalue weighted by Gasteiger charge is -2.18. The second-order valence-electron chi connectivity index (χ2n) is 6.54. The van der Waals surface area contributed by atoms with Gasteiger partial charge in [-0.05, 0) is 38.1 Å². The summed E-state index contributed by atoms with van der Waals surface area (Å²) < 4.78 is 38.7. The third kappa shape index (κ3) is 4.38. The molecule has 0 radical (unpaired) electrons. The highest BCUT2D eigenvalue weighted by atomic mass is 19.4. The van der Waals surface area contributed by atoms with E-state index >= 15 is 0 Å². The van der Waals surface area contributed by atoms with Crippen molar-refractivity contribution in [2.24, 2.45) is 5.92 Å². The van der Waals surface area contributed by atoms with Crippen molar-refractivity contribution in [1.82, 2.24) is 15.4 Å². The number of rotatable bonds is 4. The first-order valence-electron chi connectivity index (χ1n) is 8.49. The smallest absolute Gasteiger partial charge is 0.312 e. The Kier molecular flexibility index (Phi) is 5.21. The summed E-state index contributed by atoms with van der Waals surface area (Å²) in [4.78, 5) is 34.0. The quantitative estimate of drug-likeness (QED) is 0.780. The average molecular weight is 393 g/mol. The van der Waals surface area contributed by atoms with Crippen LogP contribution in [0.2, 0.25) is 0 Å². The minimum atomic E-state index is -4.51. The number of carbonyl (C=O) groups excluding carboxylic acids is 2. The molecule has 0 bridgehead atoms. The fourth-order valence-electron chi connectivity index (χ4n) is 2.98. The molecular weight excluding hydrogens is 375 g/mol. The summed E-state index contributed by atoms with van der Waals surface area (Å²) in [5.74, 6) is -1.38. The Morgan fingerprint density at radius 1 is 1.18 bits per heavy atom. The highest BCUT2D eigenvalue weighted by molar-refractivity contribution is 6.00. The van der Waals surface area contributed by atoms with Crippen LogP contribution in [0.3, 0.4) is 0 Å². The van der Waals surface area contributed by atoms with E-state index in [1.54, 1.807) is 19.9 Å². The van der Waals surface area contributed by atoms with Gasteiger partial charge in [0.2, 0.25) is 17.8 Å². The van der Waals surface area contributed by atoms with E-state index in [4.69, 9.17) is 0 Å². The third-order valence-electron chi connectivity index (χ3n) is 4.26. The van der Waals surface area contributed by atoms with Gasteiger partial charge < -0.3 is 4.90 Å². The van der Waals surface area contributed by atoms with Crippen molar-refractivity contribution in [3.63, 3.8) is 0 Å². The summed E-state index contributed by atoms with van der Waals surface area (Å²) in [6, 6.07) is 6.25. The van der Waals surface area contributed by atoms with Gasteiger partial charge in [0.15, 0.2) is 0 Å². The van der Waals surface area contributed by atoms with Crippen molar-refractivity contribution < 1.29 is 22.8 Å². The van der Waals surface area contributed by atoms with E-state index in [0.717, 1.165) is 23.5 Å². The number of hydrogen-bond acceptors (Lipinski definition) is 5. The van der Waals surface area contributed by atoms with Crippen LogP contribution in [0.15, 0.2) is 30.3 Å². The number of halogens is 3. The lowest BCUT2D eigenvalue weighted by atomic mass is 10.1. The molecule has 2 heterocycles. The number of aryl methyl sites for hydroxylation is 2. The molecule has 3 rings (SSSR count). The number of alkyl halides is 3. The van der Waals surface area contributed by atoms with Crippen LogP contribution in [-0.4, -0.2) is 28.3 Å². The van der Waals surface area contributed by atoms with Crippen molar-refractivity contribution in [1.29, 1.82) is 0 Å². The molecule has 2 amide bonds. The maximum atomic E-state index is 12.9. The van der Waals surface area contributed by atoms with Gasteiger partial charge in [-0.2, -0.15) is 13.2 Å². The van der Waals surface area contributed by atoms with E-state index in [-0.39, 0.29) is 24.6 Å². The second kappa shape index (κ2) is 7.45. The van der Waals surface area contributed by atoms with Crippen LogP contribution in [0.4, 0.5) is 24.8 Å². The summed E-state index contributed by atoms with van der Waals surface area (Å²) in [6.07, 6.45) is -4.61. The van der Waals surface area contributed by atoms with Crippen LogP contribution in [0.5, 0.6) is 0 Å². The van der Waals surface area contributed by atoms with Crippen molar-refractivity contribution in [2.45, 2.75) is 26.4 Å². The topological polar surface area (TPSA) is 87.2 Å². The molecule has 148 valence electrons. The highest BCUT2D eigenvalue weighted by Crippen LogP contribution is 2.33. The standard InChI is InChI=1S/C18H18F3N5O2/c1-10-6-11(2)23-17(22-10)25-24-16(28)12-7-15(27)26(9-12)14-5-3-4-13(8-14)18(19,20)21/h3-6,8,12H,7,9H2,1-2H3,(H,24,28)(H,22,23,25)/t12-/m0/s1. The summed E-state index contributed by atoms with van der Waals surface area (Å²) in [6.45, 7) is 3.55. The predicted molar refractivity (Wildman–Crippen MR) is 95.2 cm³/mol. The van der Waals surface area contributed by atoms with Crippen molar-refractivity contribution >= 4 is 23.5 Å². The minimum Gasteiger partial charge on any atom is -0.312 e. The molecule has 1 aromatic carbocycles. The Morgan fingerprint density at radius 2 is 1.86 bits per heavy atom. The molecule has 1 fully saturated rings. The van der Waals surface area contributed by atoms with Gasteiger partial charge in [-0.15, -0.1) is 0 Å². The highest BCUT2D eigenvalue weighted by Gasteiger charge is 2.37. The number of benzene rings is 1. The van der Waals surface area contributed by atoms with E-state index in [9.17, 15) is 22.8 Å². The summed E-state index contributed by atoms with van der Waals surface area (Å²) >= 11 is 0. The maximum Gasteiger partial charge on any atom is 0.416 e. The van der Waals surface area contributed by atoms with Crippen LogP contribution in [0.1, 0.15) is 23.4 Å².